The predicted octanol–water partition coefficient (Wildman–Crippen LogP) is 5.69. The minimum Gasteiger partial charge on any atom is -0.468 e. The van der Waals surface area contributed by atoms with Crippen LogP contribution in [-0.4, -0.2) is 19.0 Å². The average Bonchev–Trinajstić information content (AvgIpc) is 3.38. The first-order chi connectivity index (χ1) is 16.7. The number of primary amides is 1. The summed E-state index contributed by atoms with van der Waals surface area (Å²) >= 11 is 0. The smallest absolute Gasteiger partial charge is 0.224 e. The van der Waals surface area contributed by atoms with Crippen molar-refractivity contribution in [1.82, 2.24) is 5.32 Å². The lowest BCUT2D eigenvalue weighted by atomic mass is 9.69. The van der Waals surface area contributed by atoms with Crippen molar-refractivity contribution in [1.29, 1.82) is 0 Å². The largest absolute Gasteiger partial charge is 0.468 e. The van der Waals surface area contributed by atoms with E-state index >= 15 is 0 Å². The van der Waals surface area contributed by atoms with Crippen LogP contribution in [0.4, 0.5) is 0 Å². The lowest BCUT2D eigenvalue weighted by Crippen LogP contribution is -2.42. The van der Waals surface area contributed by atoms with Crippen molar-refractivity contribution in [2.75, 3.05) is 13.1 Å². The highest BCUT2D eigenvalue weighted by atomic mass is 16.3. The van der Waals surface area contributed by atoms with Crippen LogP contribution < -0.4 is 11.1 Å². The van der Waals surface area contributed by atoms with Gasteiger partial charge in [0.25, 0.3) is 0 Å². The summed E-state index contributed by atoms with van der Waals surface area (Å²) in [7, 11) is 0. The molecule has 1 saturated heterocycles. The molecule has 4 nitrogen and oxygen atoms in total. The lowest BCUT2D eigenvalue weighted by Gasteiger charge is -2.40. The van der Waals surface area contributed by atoms with E-state index in [2.05, 4.69) is 47.8 Å². The monoisotopic (exact) mass is 450 g/mol. The first-order valence-corrected chi connectivity index (χ1v) is 11.9. The SMILES string of the molecule is NC(=O)C(CC1C(c2ccccc2)CNCC1c1occc1-c1ccccc1)c1ccccc1. The lowest BCUT2D eigenvalue weighted by molar-refractivity contribution is -0.120. The number of piperidine rings is 1. The Kier molecular flexibility index (Phi) is 6.59. The second kappa shape index (κ2) is 10.1. The molecule has 4 unspecified atom stereocenters. The minimum absolute atomic E-state index is 0.106. The van der Waals surface area contributed by atoms with Crippen LogP contribution in [0.25, 0.3) is 11.1 Å². The Morgan fingerprint density at radius 2 is 1.47 bits per heavy atom. The summed E-state index contributed by atoms with van der Waals surface area (Å²) in [5.74, 6) is 0.857. The maximum absolute atomic E-state index is 12.7. The zero-order valence-corrected chi connectivity index (χ0v) is 19.1. The Morgan fingerprint density at radius 3 is 2.15 bits per heavy atom. The maximum atomic E-state index is 12.7. The van der Waals surface area contributed by atoms with Crippen molar-refractivity contribution < 1.29 is 9.21 Å². The molecule has 4 heteroatoms. The highest BCUT2D eigenvalue weighted by Crippen LogP contribution is 2.46. The van der Waals surface area contributed by atoms with Crippen LogP contribution in [0.3, 0.4) is 0 Å². The fourth-order valence-electron chi connectivity index (χ4n) is 5.50. The van der Waals surface area contributed by atoms with Gasteiger partial charge in [0.1, 0.15) is 5.76 Å². The van der Waals surface area contributed by atoms with Gasteiger partial charge in [0, 0.05) is 24.6 Å². The summed E-state index contributed by atoms with van der Waals surface area (Å²) in [6, 6.07) is 32.9. The quantitative estimate of drug-likeness (QED) is 0.380. The van der Waals surface area contributed by atoms with Gasteiger partial charge in [0.2, 0.25) is 5.91 Å². The van der Waals surface area contributed by atoms with E-state index in [9.17, 15) is 4.79 Å². The number of carbonyl (C=O) groups excluding carboxylic acids is 1. The molecule has 3 aromatic carbocycles. The second-order valence-electron chi connectivity index (χ2n) is 9.11. The van der Waals surface area contributed by atoms with Crippen LogP contribution in [0.1, 0.15) is 41.1 Å². The van der Waals surface area contributed by atoms with Gasteiger partial charge in [-0.25, -0.2) is 0 Å². The molecule has 1 aliphatic rings. The molecule has 1 aliphatic heterocycles. The van der Waals surface area contributed by atoms with E-state index in [1.165, 1.54) is 5.56 Å². The number of benzene rings is 3. The maximum Gasteiger partial charge on any atom is 0.224 e. The van der Waals surface area contributed by atoms with Crippen LogP contribution in [0, 0.1) is 5.92 Å². The summed E-state index contributed by atoms with van der Waals surface area (Å²) in [5, 5.41) is 3.65. The van der Waals surface area contributed by atoms with Crippen LogP contribution in [0.5, 0.6) is 0 Å². The Balaban J connectivity index is 1.57. The zero-order valence-electron chi connectivity index (χ0n) is 19.1. The van der Waals surface area contributed by atoms with E-state index in [-0.39, 0.29) is 29.6 Å². The molecule has 1 amide bonds. The fraction of sp³-hybridized carbons (Fsp3) is 0.233. The van der Waals surface area contributed by atoms with Gasteiger partial charge in [0.15, 0.2) is 0 Å². The average molecular weight is 451 g/mol. The van der Waals surface area contributed by atoms with Gasteiger partial charge in [-0.05, 0) is 41.0 Å². The first kappa shape index (κ1) is 22.2. The summed E-state index contributed by atoms with van der Waals surface area (Å²) in [5.41, 5.74) is 10.5. The number of hydrogen-bond acceptors (Lipinski definition) is 3. The van der Waals surface area contributed by atoms with Crippen LogP contribution in [0.2, 0.25) is 0 Å². The number of furan rings is 1. The molecule has 34 heavy (non-hydrogen) atoms. The number of hydrogen-bond donors (Lipinski definition) is 2. The van der Waals surface area contributed by atoms with E-state index in [0.717, 1.165) is 35.5 Å². The molecule has 3 N–H and O–H groups in total. The molecule has 4 aromatic rings. The van der Waals surface area contributed by atoms with Gasteiger partial charge < -0.3 is 15.5 Å². The van der Waals surface area contributed by atoms with E-state index in [1.54, 1.807) is 6.26 Å². The van der Waals surface area contributed by atoms with E-state index in [1.807, 2.05) is 54.6 Å². The third-order valence-corrected chi connectivity index (χ3v) is 7.16. The Hall–Kier alpha value is -3.63. The number of nitrogens with one attached hydrogen (secondary N) is 1. The van der Waals surface area contributed by atoms with Crippen molar-refractivity contribution in [3.63, 3.8) is 0 Å². The third kappa shape index (κ3) is 4.55. The topological polar surface area (TPSA) is 68.3 Å². The number of amides is 1. The second-order valence-corrected chi connectivity index (χ2v) is 9.11. The van der Waals surface area contributed by atoms with Crippen molar-refractivity contribution in [3.8, 4) is 11.1 Å². The molecule has 0 saturated carbocycles. The number of rotatable bonds is 7. The predicted molar refractivity (Wildman–Crippen MR) is 135 cm³/mol. The van der Waals surface area contributed by atoms with Crippen LogP contribution in [0.15, 0.2) is 108 Å². The van der Waals surface area contributed by atoms with Crippen molar-refractivity contribution >= 4 is 5.91 Å². The van der Waals surface area contributed by atoms with E-state index in [4.69, 9.17) is 10.2 Å². The molecule has 0 aliphatic carbocycles. The highest BCUT2D eigenvalue weighted by Gasteiger charge is 2.40. The third-order valence-electron chi connectivity index (χ3n) is 7.16. The summed E-state index contributed by atoms with van der Waals surface area (Å²) in [4.78, 5) is 12.7. The molecular weight excluding hydrogens is 420 g/mol. The van der Waals surface area contributed by atoms with Gasteiger partial charge in [-0.2, -0.15) is 0 Å². The van der Waals surface area contributed by atoms with E-state index in [0.29, 0.717) is 6.42 Å². The molecule has 0 bridgehead atoms. The normalized spacial score (nSPS) is 21.1. The number of carbonyl (C=O) groups is 1. The molecule has 2 heterocycles. The fourth-order valence-corrected chi connectivity index (χ4v) is 5.50. The van der Waals surface area contributed by atoms with E-state index < -0.39 is 0 Å². The van der Waals surface area contributed by atoms with Crippen LogP contribution in [-0.2, 0) is 4.79 Å². The minimum atomic E-state index is -0.354. The molecule has 5 rings (SSSR count). The summed E-state index contributed by atoms with van der Waals surface area (Å²) in [6.45, 7) is 1.65. The zero-order chi connectivity index (χ0) is 23.3. The van der Waals surface area contributed by atoms with Gasteiger partial charge in [-0.3, -0.25) is 4.79 Å². The van der Waals surface area contributed by atoms with Crippen molar-refractivity contribution in [3.05, 3.63) is 120 Å². The van der Waals surface area contributed by atoms with Crippen molar-refractivity contribution in [2.45, 2.75) is 24.2 Å². The molecular formula is C30H30N2O2. The standard InChI is InChI=1S/C30H30N2O2/c31-30(33)25(22-12-6-2-7-13-22)18-26-27(23-14-8-3-9-15-23)19-32-20-28(26)29-24(16-17-34-29)21-10-4-1-5-11-21/h1-17,25-28,32H,18-20H2,(H2,31,33). The van der Waals surface area contributed by atoms with Gasteiger partial charge in [0.05, 0.1) is 12.2 Å². The Morgan fingerprint density at radius 1 is 0.853 bits per heavy atom. The molecule has 0 radical (unpaired) electrons. The molecule has 0 spiro atoms. The molecule has 172 valence electrons. The van der Waals surface area contributed by atoms with Gasteiger partial charge in [-0.1, -0.05) is 91.0 Å². The van der Waals surface area contributed by atoms with Gasteiger partial charge >= 0.3 is 0 Å². The Bertz CT molecular complexity index is 1200. The van der Waals surface area contributed by atoms with Gasteiger partial charge in [-0.15, -0.1) is 0 Å². The van der Waals surface area contributed by atoms with Crippen molar-refractivity contribution in [2.24, 2.45) is 11.7 Å². The number of nitrogens with two attached hydrogens (primary N) is 1. The molecule has 1 fully saturated rings. The first-order valence-electron chi connectivity index (χ1n) is 11.9. The summed E-state index contributed by atoms with van der Waals surface area (Å²) < 4.78 is 6.16. The Labute approximate surface area is 200 Å². The molecule has 4 atom stereocenters. The highest BCUT2D eigenvalue weighted by molar-refractivity contribution is 5.82. The summed E-state index contributed by atoms with van der Waals surface area (Å²) in [6.07, 6.45) is 2.45. The molecule has 1 aromatic heterocycles. The van der Waals surface area contributed by atoms with Crippen LogP contribution >= 0.6 is 0 Å².